The zero-order valence-corrected chi connectivity index (χ0v) is 12.8. The summed E-state index contributed by atoms with van der Waals surface area (Å²) in [5.41, 5.74) is 3.88. The van der Waals surface area contributed by atoms with Crippen LogP contribution in [0.3, 0.4) is 0 Å². The Morgan fingerprint density at radius 3 is 2.71 bits per heavy atom. The second-order valence-corrected chi connectivity index (χ2v) is 5.48. The average Bonchev–Trinajstić information content (AvgIpc) is 2.77. The van der Waals surface area contributed by atoms with Crippen LogP contribution >= 0.6 is 0 Å². The molecule has 6 nitrogen and oxygen atoms in total. The summed E-state index contributed by atoms with van der Waals surface area (Å²) in [5, 5.41) is 18.6. The van der Waals surface area contributed by atoms with Crippen LogP contribution in [0.2, 0.25) is 0 Å². The highest BCUT2D eigenvalue weighted by Gasteiger charge is 2.13. The summed E-state index contributed by atoms with van der Waals surface area (Å²) in [4.78, 5) is 10.4. The molecule has 0 bridgehead atoms. The standard InChI is InChI=1S/C15H20N4O2/c1-10(2)15-12(9-18(4)17-15)8-16-13-5-6-14(19(20)21)11(3)7-13/h5-7,9-10,16H,8H2,1-4H3. The van der Waals surface area contributed by atoms with Gasteiger partial charge in [-0.05, 0) is 25.0 Å². The van der Waals surface area contributed by atoms with E-state index in [2.05, 4.69) is 24.3 Å². The monoisotopic (exact) mass is 288 g/mol. The molecule has 0 aliphatic heterocycles. The van der Waals surface area contributed by atoms with E-state index in [0.717, 1.165) is 16.9 Å². The summed E-state index contributed by atoms with van der Waals surface area (Å²) < 4.78 is 1.81. The van der Waals surface area contributed by atoms with Crippen LogP contribution < -0.4 is 5.32 Å². The lowest BCUT2D eigenvalue weighted by atomic mass is 10.1. The van der Waals surface area contributed by atoms with Gasteiger partial charge in [0.25, 0.3) is 5.69 Å². The summed E-state index contributed by atoms with van der Waals surface area (Å²) in [6.07, 6.45) is 2.00. The lowest BCUT2D eigenvalue weighted by Gasteiger charge is -2.09. The van der Waals surface area contributed by atoms with E-state index in [1.54, 1.807) is 19.1 Å². The molecular formula is C15H20N4O2. The molecule has 2 aromatic rings. The lowest BCUT2D eigenvalue weighted by Crippen LogP contribution is -2.03. The molecule has 0 saturated heterocycles. The fourth-order valence-corrected chi connectivity index (χ4v) is 2.34. The molecular weight excluding hydrogens is 268 g/mol. The van der Waals surface area contributed by atoms with Crippen LogP contribution in [0.4, 0.5) is 11.4 Å². The van der Waals surface area contributed by atoms with Gasteiger partial charge in [0.2, 0.25) is 0 Å². The van der Waals surface area contributed by atoms with Crippen LogP contribution in [-0.2, 0) is 13.6 Å². The van der Waals surface area contributed by atoms with Crippen molar-refractivity contribution in [3.8, 4) is 0 Å². The molecule has 21 heavy (non-hydrogen) atoms. The predicted octanol–water partition coefficient (Wildman–Crippen LogP) is 3.37. The van der Waals surface area contributed by atoms with E-state index in [1.165, 1.54) is 6.07 Å². The van der Waals surface area contributed by atoms with Crippen molar-refractivity contribution in [3.05, 3.63) is 51.3 Å². The normalized spacial score (nSPS) is 10.9. The molecule has 1 heterocycles. The first kappa shape index (κ1) is 15.0. The number of nitro groups is 1. The highest BCUT2D eigenvalue weighted by Crippen LogP contribution is 2.23. The zero-order valence-electron chi connectivity index (χ0n) is 12.8. The number of rotatable bonds is 5. The van der Waals surface area contributed by atoms with Crippen molar-refractivity contribution in [1.29, 1.82) is 0 Å². The third-order valence-corrected chi connectivity index (χ3v) is 3.36. The number of nitrogens with zero attached hydrogens (tertiary/aromatic N) is 3. The number of nitrogens with one attached hydrogen (secondary N) is 1. The van der Waals surface area contributed by atoms with Gasteiger partial charge in [-0.1, -0.05) is 13.8 Å². The molecule has 1 aromatic heterocycles. The fraction of sp³-hybridized carbons (Fsp3) is 0.400. The van der Waals surface area contributed by atoms with E-state index < -0.39 is 0 Å². The van der Waals surface area contributed by atoms with Gasteiger partial charge in [0, 0.05) is 42.7 Å². The van der Waals surface area contributed by atoms with Crippen molar-refractivity contribution in [2.75, 3.05) is 5.32 Å². The molecule has 0 unspecified atom stereocenters. The highest BCUT2D eigenvalue weighted by molar-refractivity contribution is 5.53. The van der Waals surface area contributed by atoms with Gasteiger partial charge in [-0.2, -0.15) is 5.10 Å². The Morgan fingerprint density at radius 2 is 2.14 bits per heavy atom. The van der Waals surface area contributed by atoms with Crippen molar-refractivity contribution in [2.45, 2.75) is 33.2 Å². The maximum Gasteiger partial charge on any atom is 0.272 e. The minimum atomic E-state index is -0.364. The van der Waals surface area contributed by atoms with Crippen molar-refractivity contribution in [1.82, 2.24) is 9.78 Å². The molecule has 0 saturated carbocycles. The lowest BCUT2D eigenvalue weighted by molar-refractivity contribution is -0.385. The molecule has 0 atom stereocenters. The average molecular weight is 288 g/mol. The molecule has 0 aliphatic rings. The van der Waals surface area contributed by atoms with Crippen molar-refractivity contribution >= 4 is 11.4 Å². The Balaban J connectivity index is 2.13. The number of anilines is 1. The number of aryl methyl sites for hydroxylation is 2. The number of benzene rings is 1. The molecule has 1 N–H and O–H groups in total. The summed E-state index contributed by atoms with van der Waals surface area (Å²) in [7, 11) is 1.91. The van der Waals surface area contributed by atoms with Gasteiger partial charge in [-0.15, -0.1) is 0 Å². The van der Waals surface area contributed by atoms with E-state index in [4.69, 9.17) is 0 Å². The maximum absolute atomic E-state index is 10.8. The quantitative estimate of drug-likeness (QED) is 0.676. The maximum atomic E-state index is 10.8. The summed E-state index contributed by atoms with van der Waals surface area (Å²) in [5.74, 6) is 0.363. The second kappa shape index (κ2) is 5.95. The molecule has 0 amide bonds. The van der Waals surface area contributed by atoms with Crippen LogP contribution in [0.1, 0.15) is 36.6 Å². The molecule has 112 valence electrons. The van der Waals surface area contributed by atoms with Gasteiger partial charge in [0.1, 0.15) is 0 Å². The van der Waals surface area contributed by atoms with Gasteiger partial charge >= 0.3 is 0 Å². The number of aromatic nitrogens is 2. The molecule has 6 heteroatoms. The highest BCUT2D eigenvalue weighted by atomic mass is 16.6. The van der Waals surface area contributed by atoms with Gasteiger partial charge in [0.05, 0.1) is 10.6 Å². The molecule has 2 rings (SSSR count). The molecule has 0 fully saturated rings. The van der Waals surface area contributed by atoms with E-state index in [1.807, 2.05) is 17.9 Å². The van der Waals surface area contributed by atoms with Gasteiger partial charge < -0.3 is 5.32 Å². The topological polar surface area (TPSA) is 73.0 Å². The largest absolute Gasteiger partial charge is 0.381 e. The first-order valence-electron chi connectivity index (χ1n) is 6.89. The first-order chi connectivity index (χ1) is 9.88. The smallest absolute Gasteiger partial charge is 0.272 e. The third-order valence-electron chi connectivity index (χ3n) is 3.36. The Kier molecular flexibility index (Phi) is 4.26. The van der Waals surface area contributed by atoms with E-state index in [-0.39, 0.29) is 10.6 Å². The van der Waals surface area contributed by atoms with E-state index in [0.29, 0.717) is 18.0 Å². The molecule has 0 radical (unpaired) electrons. The van der Waals surface area contributed by atoms with Crippen LogP contribution in [0.5, 0.6) is 0 Å². The van der Waals surface area contributed by atoms with Gasteiger partial charge in [-0.25, -0.2) is 0 Å². The minimum Gasteiger partial charge on any atom is -0.381 e. The van der Waals surface area contributed by atoms with E-state index >= 15 is 0 Å². The Morgan fingerprint density at radius 1 is 1.43 bits per heavy atom. The van der Waals surface area contributed by atoms with Crippen LogP contribution in [0.25, 0.3) is 0 Å². The molecule has 1 aromatic carbocycles. The number of hydrogen-bond donors (Lipinski definition) is 1. The van der Waals surface area contributed by atoms with Crippen molar-refractivity contribution in [2.24, 2.45) is 7.05 Å². The SMILES string of the molecule is Cc1cc(NCc2cn(C)nc2C(C)C)ccc1[N+](=O)[O-]. The second-order valence-electron chi connectivity index (χ2n) is 5.48. The zero-order chi connectivity index (χ0) is 15.6. The van der Waals surface area contributed by atoms with Gasteiger partial charge in [0.15, 0.2) is 0 Å². The van der Waals surface area contributed by atoms with Gasteiger partial charge in [-0.3, -0.25) is 14.8 Å². The van der Waals surface area contributed by atoms with Crippen LogP contribution in [-0.4, -0.2) is 14.7 Å². The number of nitro benzene ring substituents is 1. The molecule has 0 aliphatic carbocycles. The van der Waals surface area contributed by atoms with Crippen molar-refractivity contribution in [3.63, 3.8) is 0 Å². The van der Waals surface area contributed by atoms with Crippen LogP contribution in [0, 0.1) is 17.0 Å². The fourth-order valence-electron chi connectivity index (χ4n) is 2.34. The first-order valence-corrected chi connectivity index (χ1v) is 6.89. The minimum absolute atomic E-state index is 0.143. The molecule has 0 spiro atoms. The number of hydrogen-bond acceptors (Lipinski definition) is 4. The summed E-state index contributed by atoms with van der Waals surface area (Å²) >= 11 is 0. The summed E-state index contributed by atoms with van der Waals surface area (Å²) in [6.45, 7) is 6.62. The predicted molar refractivity (Wildman–Crippen MR) is 82.5 cm³/mol. The van der Waals surface area contributed by atoms with Crippen molar-refractivity contribution < 1.29 is 4.92 Å². The Bertz CT molecular complexity index is 662. The Hall–Kier alpha value is -2.37. The van der Waals surface area contributed by atoms with E-state index in [9.17, 15) is 10.1 Å². The Labute approximate surface area is 123 Å². The van der Waals surface area contributed by atoms with Crippen LogP contribution in [0.15, 0.2) is 24.4 Å². The summed E-state index contributed by atoms with van der Waals surface area (Å²) in [6, 6.07) is 5.06. The third kappa shape index (κ3) is 3.39.